The molecule has 0 N–H and O–H groups in total. The van der Waals surface area contributed by atoms with E-state index in [1.165, 1.54) is 5.56 Å². The SMILES string of the molecule is CC[O-].CC[O-].[CH3][Zr+2][CH]1C=Cc2ccccc21. The van der Waals surface area contributed by atoms with Gasteiger partial charge in [0.15, 0.2) is 0 Å². The van der Waals surface area contributed by atoms with Crippen LogP contribution in [-0.4, -0.2) is 13.2 Å². The third kappa shape index (κ3) is 6.30. The van der Waals surface area contributed by atoms with Gasteiger partial charge in [0.2, 0.25) is 0 Å². The molecule has 0 spiro atoms. The summed E-state index contributed by atoms with van der Waals surface area (Å²) in [5.41, 5.74) is 3.02. The van der Waals surface area contributed by atoms with Crippen molar-refractivity contribution < 1.29 is 33.4 Å². The van der Waals surface area contributed by atoms with Crippen LogP contribution in [0.4, 0.5) is 0 Å². The van der Waals surface area contributed by atoms with Crippen LogP contribution in [0.2, 0.25) is 4.63 Å². The van der Waals surface area contributed by atoms with Gasteiger partial charge in [-0.15, -0.1) is 13.2 Å². The number of hydrogen-bond acceptors (Lipinski definition) is 2. The van der Waals surface area contributed by atoms with E-state index in [1.54, 1.807) is 19.4 Å². The number of rotatable bonds is 1. The topological polar surface area (TPSA) is 46.1 Å². The molecule has 1 aliphatic carbocycles. The molecule has 0 aromatic heterocycles. The Morgan fingerprint density at radius 1 is 1.12 bits per heavy atom. The summed E-state index contributed by atoms with van der Waals surface area (Å²) in [6.07, 6.45) is 4.64. The fourth-order valence-electron chi connectivity index (χ4n) is 1.50. The zero-order chi connectivity index (χ0) is 13.1. The molecule has 3 heteroatoms. The van der Waals surface area contributed by atoms with Crippen molar-refractivity contribution in [2.75, 3.05) is 13.2 Å². The van der Waals surface area contributed by atoms with Gasteiger partial charge in [0.1, 0.15) is 0 Å². The second-order valence-corrected chi connectivity index (χ2v) is 6.28. The van der Waals surface area contributed by atoms with Crippen molar-refractivity contribution in [3.05, 3.63) is 41.5 Å². The van der Waals surface area contributed by atoms with Gasteiger partial charge in [0, 0.05) is 0 Å². The zero-order valence-corrected chi connectivity index (χ0v) is 13.2. The van der Waals surface area contributed by atoms with Crippen LogP contribution >= 0.6 is 0 Å². The first-order valence-electron chi connectivity index (χ1n) is 5.85. The molecular formula is C14H20O2Zr. The van der Waals surface area contributed by atoms with Crippen LogP contribution in [0.5, 0.6) is 0 Å². The maximum atomic E-state index is 8.93. The Balaban J connectivity index is 0.000000366. The summed E-state index contributed by atoms with van der Waals surface area (Å²) in [5, 5.41) is 17.9. The first-order chi connectivity index (χ1) is 8.24. The summed E-state index contributed by atoms with van der Waals surface area (Å²) in [4.78, 5) is 0. The number of allylic oxidation sites excluding steroid dienone is 1. The zero-order valence-electron chi connectivity index (χ0n) is 10.8. The normalized spacial score (nSPS) is 14.8. The standard InChI is InChI=1S/C9H7.2C2H5O.CH3.Zr/c1-2-5-9-7-3-6-8(9)4-1;2*1-2-3;;/h1-7H;2*2H2,1H3;1H3;/q;2*-1;;+2. The number of benzene rings is 1. The van der Waals surface area contributed by atoms with E-state index in [1.807, 2.05) is 0 Å². The molecule has 0 saturated carbocycles. The predicted molar refractivity (Wildman–Crippen MR) is 65.2 cm³/mol. The third-order valence-electron chi connectivity index (χ3n) is 2.11. The van der Waals surface area contributed by atoms with E-state index in [4.69, 9.17) is 10.2 Å². The second kappa shape index (κ2) is 10.9. The van der Waals surface area contributed by atoms with Crippen LogP contribution in [0.3, 0.4) is 0 Å². The molecule has 0 aliphatic heterocycles. The monoisotopic (exact) mass is 310 g/mol. The van der Waals surface area contributed by atoms with Crippen LogP contribution in [0.1, 0.15) is 28.6 Å². The van der Waals surface area contributed by atoms with Crippen LogP contribution in [-0.2, 0) is 23.2 Å². The Bertz CT molecular complexity index is 322. The molecule has 1 aliphatic rings. The molecule has 0 heterocycles. The molecule has 2 rings (SSSR count). The van der Waals surface area contributed by atoms with E-state index in [-0.39, 0.29) is 36.4 Å². The number of hydrogen-bond donors (Lipinski definition) is 0. The van der Waals surface area contributed by atoms with Gasteiger partial charge >= 0.3 is 79.0 Å². The summed E-state index contributed by atoms with van der Waals surface area (Å²) in [6, 6.07) is 8.74. The maximum absolute atomic E-state index is 8.93. The molecule has 1 unspecified atom stereocenters. The van der Waals surface area contributed by atoms with Crippen LogP contribution < -0.4 is 10.2 Å². The van der Waals surface area contributed by atoms with E-state index >= 15 is 0 Å². The third-order valence-corrected chi connectivity index (χ3v) is 4.88. The minimum absolute atomic E-state index is 0. The molecule has 1 aromatic rings. The van der Waals surface area contributed by atoms with E-state index in [2.05, 4.69) is 41.0 Å². The van der Waals surface area contributed by atoms with Crippen LogP contribution in [0.15, 0.2) is 30.3 Å². The van der Waals surface area contributed by atoms with Crippen molar-refractivity contribution >= 4 is 6.08 Å². The fraction of sp³-hybridized carbons (Fsp3) is 0.429. The molecule has 17 heavy (non-hydrogen) atoms. The molecule has 1 aromatic carbocycles. The van der Waals surface area contributed by atoms with Gasteiger partial charge < -0.3 is 10.2 Å². The molecule has 1 atom stereocenters. The van der Waals surface area contributed by atoms with Crippen molar-refractivity contribution in [1.82, 2.24) is 0 Å². The summed E-state index contributed by atoms with van der Waals surface area (Å²) in [6.45, 7) is 3.14. The molecule has 2 nitrogen and oxygen atoms in total. The summed E-state index contributed by atoms with van der Waals surface area (Å²) >= 11 is -0.156. The molecule has 92 valence electrons. The fourth-order valence-corrected chi connectivity index (χ4v) is 3.62. The predicted octanol–water partition coefficient (Wildman–Crippen LogP) is 1.62. The van der Waals surface area contributed by atoms with Gasteiger partial charge in [-0.05, 0) is 0 Å². The van der Waals surface area contributed by atoms with Gasteiger partial charge in [-0.1, -0.05) is 13.8 Å². The Morgan fingerprint density at radius 3 is 2.18 bits per heavy atom. The molecule has 0 amide bonds. The van der Waals surface area contributed by atoms with Gasteiger partial charge in [-0.2, -0.15) is 0 Å². The summed E-state index contributed by atoms with van der Waals surface area (Å²) < 4.78 is 3.25. The second-order valence-electron chi connectivity index (χ2n) is 3.33. The minimum atomic E-state index is -0.156. The Kier molecular flexibility index (Phi) is 10.7. The van der Waals surface area contributed by atoms with Crippen molar-refractivity contribution in [3.8, 4) is 0 Å². The van der Waals surface area contributed by atoms with Crippen molar-refractivity contribution in [3.63, 3.8) is 0 Å². The Morgan fingerprint density at radius 2 is 1.65 bits per heavy atom. The van der Waals surface area contributed by atoms with E-state index in [0.29, 0.717) is 0 Å². The number of fused-ring (bicyclic) bond motifs is 1. The van der Waals surface area contributed by atoms with Gasteiger partial charge in [0.05, 0.1) is 0 Å². The van der Waals surface area contributed by atoms with Crippen molar-refractivity contribution in [1.29, 1.82) is 0 Å². The van der Waals surface area contributed by atoms with Gasteiger partial charge in [-0.25, -0.2) is 0 Å². The molecule has 0 saturated heterocycles. The average molecular weight is 312 g/mol. The van der Waals surface area contributed by atoms with Gasteiger partial charge in [0.25, 0.3) is 0 Å². The quantitative estimate of drug-likeness (QED) is 0.791. The van der Waals surface area contributed by atoms with Gasteiger partial charge in [-0.3, -0.25) is 0 Å². The molecule has 0 radical (unpaired) electrons. The first-order valence-corrected chi connectivity index (χ1v) is 9.73. The summed E-state index contributed by atoms with van der Waals surface area (Å²) in [7, 11) is 0. The van der Waals surface area contributed by atoms with Crippen LogP contribution in [0, 0.1) is 0 Å². The van der Waals surface area contributed by atoms with E-state index in [0.717, 1.165) is 3.63 Å². The van der Waals surface area contributed by atoms with Crippen LogP contribution in [0.25, 0.3) is 6.08 Å². The van der Waals surface area contributed by atoms with Crippen molar-refractivity contribution in [2.24, 2.45) is 0 Å². The van der Waals surface area contributed by atoms with E-state index < -0.39 is 0 Å². The average Bonchev–Trinajstić information content (AvgIpc) is 2.74. The Hall–Kier alpha value is -0.237. The molecular weight excluding hydrogens is 291 g/mol. The van der Waals surface area contributed by atoms with E-state index in [9.17, 15) is 0 Å². The first kappa shape index (κ1) is 16.8. The van der Waals surface area contributed by atoms with Crippen molar-refractivity contribution in [2.45, 2.75) is 22.1 Å². The molecule has 0 fully saturated rings. The molecule has 0 bridgehead atoms. The summed E-state index contributed by atoms with van der Waals surface area (Å²) in [5.74, 6) is 0. The Labute approximate surface area is 116 Å².